The van der Waals surface area contributed by atoms with Gasteiger partial charge in [0.2, 0.25) is 0 Å². The maximum Gasteiger partial charge on any atom is 0.488 e. The van der Waals surface area contributed by atoms with Crippen LogP contribution in [-0.2, 0) is 0 Å². The Kier molecular flexibility index (Phi) is 7.75. The van der Waals surface area contributed by atoms with Gasteiger partial charge in [0.1, 0.15) is 0 Å². The van der Waals surface area contributed by atoms with Gasteiger partial charge in [0.05, 0.1) is 0 Å². The van der Waals surface area contributed by atoms with E-state index in [2.05, 4.69) is 73.3 Å². The largest absolute Gasteiger partial charge is 0.488 e. The first-order valence-corrected chi connectivity index (χ1v) is 11.4. The van der Waals surface area contributed by atoms with Crippen LogP contribution in [0.3, 0.4) is 0 Å². The zero-order valence-electron chi connectivity index (χ0n) is 18.1. The van der Waals surface area contributed by atoms with E-state index in [4.69, 9.17) is 0 Å². The molecule has 5 aromatic carbocycles. The molecule has 2 nitrogen and oxygen atoms in total. The minimum atomic E-state index is -1.46. The summed E-state index contributed by atoms with van der Waals surface area (Å²) in [5.74, 6) is 0. The van der Waals surface area contributed by atoms with Gasteiger partial charge in [-0.05, 0) is 61.2 Å². The Bertz CT molecular complexity index is 1310. The average molecular weight is 426 g/mol. The number of hydrogen-bond acceptors (Lipinski definition) is 3. The van der Waals surface area contributed by atoms with E-state index in [0.29, 0.717) is 5.46 Å². The molecule has 0 saturated heterocycles. The predicted octanol–water partition coefficient (Wildman–Crippen LogP) is 6.07. The Morgan fingerprint density at radius 3 is 1.84 bits per heavy atom. The van der Waals surface area contributed by atoms with Crippen molar-refractivity contribution in [2.75, 3.05) is 6.26 Å². The van der Waals surface area contributed by atoms with E-state index in [9.17, 15) is 10.0 Å². The molecular formula is C27H27BO2S. The van der Waals surface area contributed by atoms with Gasteiger partial charge in [-0.15, -0.1) is 0 Å². The molecule has 0 aliphatic rings. The molecule has 0 spiro atoms. The molecule has 156 valence electrons. The highest BCUT2D eigenvalue weighted by molar-refractivity contribution is 7.79. The van der Waals surface area contributed by atoms with Gasteiger partial charge in [0.15, 0.2) is 0 Å². The van der Waals surface area contributed by atoms with Gasteiger partial charge in [0.25, 0.3) is 0 Å². The smallest absolute Gasteiger partial charge is 0.423 e. The summed E-state index contributed by atoms with van der Waals surface area (Å²) in [6.07, 6.45) is 1.69. The Hall–Kier alpha value is -2.79. The summed E-state index contributed by atoms with van der Waals surface area (Å²) in [5.41, 5.74) is 2.84. The molecule has 0 heterocycles. The topological polar surface area (TPSA) is 40.5 Å². The first kappa shape index (κ1) is 22.9. The van der Waals surface area contributed by atoms with Crippen molar-refractivity contribution in [1.29, 1.82) is 0 Å². The number of thiol groups is 1. The molecule has 0 aliphatic carbocycles. The molecule has 0 amide bonds. The fourth-order valence-electron chi connectivity index (χ4n) is 3.97. The molecule has 2 N–H and O–H groups in total. The molecule has 5 aromatic rings. The van der Waals surface area contributed by atoms with E-state index in [-0.39, 0.29) is 0 Å². The van der Waals surface area contributed by atoms with Crippen LogP contribution in [0.2, 0.25) is 0 Å². The van der Waals surface area contributed by atoms with Crippen molar-refractivity contribution in [3.8, 4) is 11.1 Å². The highest BCUT2D eigenvalue weighted by Crippen LogP contribution is 2.37. The maximum absolute atomic E-state index is 9.48. The van der Waals surface area contributed by atoms with E-state index in [1.807, 2.05) is 38.1 Å². The summed E-state index contributed by atoms with van der Waals surface area (Å²) in [6, 6.07) is 31.0. The molecule has 31 heavy (non-hydrogen) atoms. The third-order valence-corrected chi connectivity index (χ3v) is 5.26. The molecule has 0 aliphatic heterocycles. The summed E-state index contributed by atoms with van der Waals surface area (Å²) < 4.78 is 0. The summed E-state index contributed by atoms with van der Waals surface area (Å²) >= 11 is 3.53. The number of benzene rings is 5. The van der Waals surface area contributed by atoms with E-state index in [0.717, 1.165) is 16.3 Å². The highest BCUT2D eigenvalue weighted by Gasteiger charge is 2.14. The third kappa shape index (κ3) is 4.47. The Morgan fingerprint density at radius 1 is 0.548 bits per heavy atom. The first-order valence-electron chi connectivity index (χ1n) is 10.5. The van der Waals surface area contributed by atoms with Gasteiger partial charge in [0, 0.05) is 0 Å². The van der Waals surface area contributed by atoms with Crippen molar-refractivity contribution in [2.45, 2.75) is 13.8 Å². The summed E-state index contributed by atoms with van der Waals surface area (Å²) in [5, 5.41) is 26.0. The molecule has 4 heteroatoms. The Labute approximate surface area is 189 Å². The lowest BCUT2D eigenvalue weighted by molar-refractivity contribution is 0.426. The molecular weight excluding hydrogens is 399 g/mol. The fraction of sp³-hybridized carbons (Fsp3) is 0.111. The third-order valence-electron chi connectivity index (χ3n) is 5.26. The van der Waals surface area contributed by atoms with E-state index in [1.165, 1.54) is 27.1 Å². The van der Waals surface area contributed by atoms with Gasteiger partial charge in [-0.25, -0.2) is 0 Å². The lowest BCUT2D eigenvalue weighted by atomic mass is 9.79. The van der Waals surface area contributed by atoms with E-state index >= 15 is 0 Å². The van der Waals surface area contributed by atoms with Crippen molar-refractivity contribution in [3.63, 3.8) is 0 Å². The summed E-state index contributed by atoms with van der Waals surface area (Å²) in [6.45, 7) is 4.00. The average Bonchev–Trinajstić information content (AvgIpc) is 2.85. The van der Waals surface area contributed by atoms with Crippen molar-refractivity contribution in [3.05, 3.63) is 91.0 Å². The number of fused-ring (bicyclic) bond motifs is 4. The van der Waals surface area contributed by atoms with E-state index in [1.54, 1.807) is 12.3 Å². The van der Waals surface area contributed by atoms with Gasteiger partial charge in [-0.1, -0.05) is 98.8 Å². The monoisotopic (exact) mass is 426 g/mol. The van der Waals surface area contributed by atoms with Crippen LogP contribution in [0.15, 0.2) is 91.0 Å². The SMILES string of the molecule is CC.CS.OB(O)c1ccc2c(-c3cc4ccccc4c4ccccc34)cccc2c1. The number of rotatable bonds is 2. The molecule has 0 atom stereocenters. The number of hydrogen-bond donors (Lipinski definition) is 3. The maximum atomic E-state index is 9.48. The van der Waals surface area contributed by atoms with Crippen LogP contribution in [0.4, 0.5) is 0 Å². The van der Waals surface area contributed by atoms with E-state index < -0.39 is 7.12 Å². The normalized spacial score (nSPS) is 10.3. The lowest BCUT2D eigenvalue weighted by Crippen LogP contribution is -2.29. The van der Waals surface area contributed by atoms with Crippen LogP contribution in [0, 0.1) is 0 Å². The lowest BCUT2D eigenvalue weighted by Gasteiger charge is -2.13. The van der Waals surface area contributed by atoms with Crippen LogP contribution < -0.4 is 5.46 Å². The molecule has 0 saturated carbocycles. The standard InChI is InChI=1S/C24H17BO2.C2H6.CH4S/c26-25(27)18-12-13-20-16(14-18)7-5-11-22(20)24-15-17-6-1-2-8-19(17)21-9-3-4-10-23(21)24;2*1-2/h1-15,26-27H;1-2H3;2H,1H3. The van der Waals surface area contributed by atoms with Crippen molar-refractivity contribution in [2.24, 2.45) is 0 Å². The molecule has 5 rings (SSSR count). The quantitative estimate of drug-likeness (QED) is 0.182. The first-order chi connectivity index (χ1) is 15.2. The molecule has 0 bridgehead atoms. The summed E-state index contributed by atoms with van der Waals surface area (Å²) in [7, 11) is -1.46. The fourth-order valence-corrected chi connectivity index (χ4v) is 3.97. The summed E-state index contributed by atoms with van der Waals surface area (Å²) in [4.78, 5) is 0. The zero-order chi connectivity index (χ0) is 22.4. The second-order valence-electron chi connectivity index (χ2n) is 6.85. The van der Waals surface area contributed by atoms with Crippen LogP contribution in [0.5, 0.6) is 0 Å². The highest BCUT2D eigenvalue weighted by atomic mass is 32.1. The van der Waals surface area contributed by atoms with Crippen molar-refractivity contribution in [1.82, 2.24) is 0 Å². The van der Waals surface area contributed by atoms with Crippen molar-refractivity contribution < 1.29 is 10.0 Å². The second kappa shape index (κ2) is 10.5. The molecule has 0 aromatic heterocycles. The predicted molar refractivity (Wildman–Crippen MR) is 140 cm³/mol. The van der Waals surface area contributed by atoms with Gasteiger partial charge in [-0.2, -0.15) is 12.6 Å². The van der Waals surface area contributed by atoms with Crippen LogP contribution in [0.25, 0.3) is 43.4 Å². The zero-order valence-corrected chi connectivity index (χ0v) is 19.0. The van der Waals surface area contributed by atoms with Crippen LogP contribution in [0.1, 0.15) is 13.8 Å². The Balaban J connectivity index is 0.000000645. The van der Waals surface area contributed by atoms with Crippen molar-refractivity contribution >= 4 is 57.5 Å². The van der Waals surface area contributed by atoms with Gasteiger partial charge in [-0.3, -0.25) is 0 Å². The van der Waals surface area contributed by atoms with Gasteiger partial charge >= 0.3 is 7.12 Å². The minimum absolute atomic E-state index is 0.503. The van der Waals surface area contributed by atoms with Crippen LogP contribution in [-0.4, -0.2) is 23.4 Å². The molecule has 0 unspecified atom stereocenters. The van der Waals surface area contributed by atoms with Crippen LogP contribution >= 0.6 is 12.6 Å². The molecule has 0 fully saturated rings. The minimum Gasteiger partial charge on any atom is -0.423 e. The van der Waals surface area contributed by atoms with Gasteiger partial charge < -0.3 is 10.0 Å². The Morgan fingerprint density at radius 2 is 1.13 bits per heavy atom. The molecule has 0 radical (unpaired) electrons. The second-order valence-corrected chi connectivity index (χ2v) is 6.85.